The highest BCUT2D eigenvalue weighted by molar-refractivity contribution is 5.87. The fourth-order valence-electron chi connectivity index (χ4n) is 1.15. The van der Waals surface area contributed by atoms with E-state index < -0.39 is 29.6 Å². The van der Waals surface area contributed by atoms with E-state index in [0.717, 1.165) is 0 Å². The van der Waals surface area contributed by atoms with E-state index in [1.807, 2.05) is 0 Å². The van der Waals surface area contributed by atoms with Gasteiger partial charge in [-0.1, -0.05) is 0 Å². The van der Waals surface area contributed by atoms with Crippen molar-refractivity contribution in [3.8, 4) is 0 Å². The van der Waals surface area contributed by atoms with Crippen molar-refractivity contribution < 1.29 is 23.1 Å². The molecule has 82 valence electrons. The molecule has 0 saturated heterocycles. The van der Waals surface area contributed by atoms with Crippen LogP contribution >= 0.6 is 0 Å². The number of carbonyl (C=O) groups is 1. The van der Waals surface area contributed by atoms with E-state index >= 15 is 0 Å². The van der Waals surface area contributed by atoms with Gasteiger partial charge in [0.25, 0.3) is 6.43 Å². The van der Waals surface area contributed by atoms with Crippen molar-refractivity contribution in [2.75, 3.05) is 0 Å². The molecule has 0 fully saturated rings. The number of nitrogens with zero attached hydrogens (tertiary/aromatic N) is 1. The van der Waals surface area contributed by atoms with Crippen molar-refractivity contribution >= 4 is 5.97 Å². The second-order valence-electron chi connectivity index (χ2n) is 2.68. The Hall–Kier alpha value is -1.63. The summed E-state index contributed by atoms with van der Waals surface area (Å²) in [5.74, 6) is -2.85. The van der Waals surface area contributed by atoms with Crippen LogP contribution in [0, 0.1) is 5.95 Å². The van der Waals surface area contributed by atoms with Crippen LogP contribution in [-0.2, 0) is 6.54 Å². The van der Waals surface area contributed by atoms with Crippen LogP contribution in [0.3, 0.4) is 0 Å². The molecule has 7 heteroatoms. The molecule has 1 rings (SSSR count). The number of pyridine rings is 1. The second-order valence-corrected chi connectivity index (χ2v) is 2.68. The zero-order chi connectivity index (χ0) is 11.6. The third-order valence-corrected chi connectivity index (χ3v) is 1.75. The van der Waals surface area contributed by atoms with E-state index in [9.17, 15) is 18.0 Å². The maximum absolute atomic E-state index is 12.7. The van der Waals surface area contributed by atoms with E-state index in [1.165, 1.54) is 0 Å². The number of hydrogen-bond acceptors (Lipinski definition) is 3. The first kappa shape index (κ1) is 11.4. The van der Waals surface area contributed by atoms with Gasteiger partial charge in [-0.25, -0.2) is 18.6 Å². The highest BCUT2D eigenvalue weighted by atomic mass is 19.3. The van der Waals surface area contributed by atoms with Crippen molar-refractivity contribution in [3.05, 3.63) is 28.8 Å². The van der Waals surface area contributed by atoms with Crippen LogP contribution in [0.1, 0.15) is 28.0 Å². The van der Waals surface area contributed by atoms with Gasteiger partial charge in [0.15, 0.2) is 5.69 Å². The highest BCUT2D eigenvalue weighted by Gasteiger charge is 2.24. The molecule has 0 amide bonds. The van der Waals surface area contributed by atoms with E-state index in [1.54, 1.807) is 0 Å². The largest absolute Gasteiger partial charge is 0.476 e. The van der Waals surface area contributed by atoms with Gasteiger partial charge in [0.2, 0.25) is 5.95 Å². The van der Waals surface area contributed by atoms with Crippen LogP contribution in [0.5, 0.6) is 0 Å². The lowest BCUT2D eigenvalue weighted by molar-refractivity contribution is 0.0674. The quantitative estimate of drug-likeness (QED) is 0.753. The van der Waals surface area contributed by atoms with Gasteiger partial charge in [0, 0.05) is 6.54 Å². The molecule has 0 radical (unpaired) electrons. The predicted molar refractivity (Wildman–Crippen MR) is 44.0 cm³/mol. The maximum atomic E-state index is 12.7. The molecular formula is C8H7F3N2O2. The van der Waals surface area contributed by atoms with Gasteiger partial charge in [0.05, 0.1) is 5.56 Å². The SMILES string of the molecule is NCc1cc(F)nc(C(=O)O)c1C(F)F. The Balaban J connectivity index is 3.47. The average molecular weight is 220 g/mol. The smallest absolute Gasteiger partial charge is 0.355 e. The topological polar surface area (TPSA) is 76.2 Å². The Kier molecular flexibility index (Phi) is 3.25. The number of carboxylic acids is 1. The number of alkyl halides is 2. The molecule has 1 aromatic heterocycles. The molecule has 0 atom stereocenters. The number of halogens is 3. The van der Waals surface area contributed by atoms with Crippen molar-refractivity contribution in [3.63, 3.8) is 0 Å². The van der Waals surface area contributed by atoms with Crippen molar-refractivity contribution in [1.82, 2.24) is 4.98 Å². The zero-order valence-corrected chi connectivity index (χ0v) is 7.38. The number of aromatic carboxylic acids is 1. The first-order chi connectivity index (χ1) is 6.97. The molecule has 0 aliphatic rings. The Morgan fingerprint density at radius 2 is 2.20 bits per heavy atom. The van der Waals surface area contributed by atoms with Gasteiger partial charge in [0.1, 0.15) is 0 Å². The molecule has 3 N–H and O–H groups in total. The first-order valence-corrected chi connectivity index (χ1v) is 3.88. The Morgan fingerprint density at radius 1 is 1.60 bits per heavy atom. The fraction of sp³-hybridized carbons (Fsp3) is 0.250. The van der Waals surface area contributed by atoms with E-state index in [-0.39, 0.29) is 12.1 Å². The summed E-state index contributed by atoms with van der Waals surface area (Å²) in [4.78, 5) is 13.4. The minimum atomic E-state index is -3.05. The standard InChI is InChI=1S/C8H7F3N2O2/c9-4-1-3(2-12)5(7(10)11)6(13-4)8(14)15/h1,7H,2,12H2,(H,14,15). The van der Waals surface area contributed by atoms with Crippen LogP contribution in [0.25, 0.3) is 0 Å². The summed E-state index contributed by atoms with van der Waals surface area (Å²) < 4.78 is 37.7. The third-order valence-electron chi connectivity index (χ3n) is 1.75. The first-order valence-electron chi connectivity index (χ1n) is 3.88. The molecule has 4 nitrogen and oxygen atoms in total. The van der Waals surface area contributed by atoms with Crippen LogP contribution in [0.4, 0.5) is 13.2 Å². The molecule has 0 aromatic carbocycles. The van der Waals surface area contributed by atoms with Crippen LogP contribution < -0.4 is 5.73 Å². The molecular weight excluding hydrogens is 213 g/mol. The van der Waals surface area contributed by atoms with Gasteiger partial charge in [-0.3, -0.25) is 0 Å². The molecule has 0 spiro atoms. The van der Waals surface area contributed by atoms with Crippen molar-refractivity contribution in [2.24, 2.45) is 5.73 Å². The lowest BCUT2D eigenvalue weighted by atomic mass is 10.1. The summed E-state index contributed by atoms with van der Waals surface area (Å²) in [6.07, 6.45) is -3.05. The predicted octanol–water partition coefficient (Wildman–Crippen LogP) is 1.32. The van der Waals surface area contributed by atoms with Gasteiger partial charge >= 0.3 is 5.97 Å². The normalized spacial score (nSPS) is 10.7. The lowest BCUT2D eigenvalue weighted by Crippen LogP contribution is -2.13. The summed E-state index contributed by atoms with van der Waals surface area (Å²) in [7, 11) is 0. The number of hydrogen-bond donors (Lipinski definition) is 2. The van der Waals surface area contributed by atoms with Crippen LogP contribution in [-0.4, -0.2) is 16.1 Å². The Morgan fingerprint density at radius 3 is 2.60 bits per heavy atom. The minimum Gasteiger partial charge on any atom is -0.476 e. The molecule has 0 aliphatic heterocycles. The van der Waals surface area contributed by atoms with Gasteiger partial charge < -0.3 is 10.8 Å². The Labute approximate surface area is 82.5 Å². The van der Waals surface area contributed by atoms with Crippen LogP contribution in [0.15, 0.2) is 6.07 Å². The minimum absolute atomic E-state index is 0.255. The summed E-state index contributed by atoms with van der Waals surface area (Å²) in [6, 6.07) is 0.702. The molecule has 0 saturated carbocycles. The monoisotopic (exact) mass is 220 g/mol. The van der Waals surface area contributed by atoms with E-state index in [0.29, 0.717) is 6.07 Å². The average Bonchev–Trinajstić information content (AvgIpc) is 2.15. The fourth-order valence-corrected chi connectivity index (χ4v) is 1.15. The molecule has 0 unspecified atom stereocenters. The summed E-state index contributed by atoms with van der Waals surface area (Å²) in [5, 5.41) is 8.56. The number of rotatable bonds is 3. The summed E-state index contributed by atoms with van der Waals surface area (Å²) >= 11 is 0. The number of aromatic nitrogens is 1. The van der Waals surface area contributed by atoms with Crippen molar-refractivity contribution in [2.45, 2.75) is 13.0 Å². The number of carboxylic acid groups (broad SMARTS) is 1. The molecule has 15 heavy (non-hydrogen) atoms. The summed E-state index contributed by atoms with van der Waals surface area (Å²) in [5.41, 5.74) is 3.03. The van der Waals surface area contributed by atoms with E-state index in [2.05, 4.69) is 4.98 Å². The molecule has 1 aromatic rings. The third kappa shape index (κ3) is 2.24. The summed E-state index contributed by atoms with van der Waals surface area (Å²) in [6.45, 7) is -0.376. The maximum Gasteiger partial charge on any atom is 0.355 e. The van der Waals surface area contributed by atoms with E-state index in [4.69, 9.17) is 10.8 Å². The zero-order valence-electron chi connectivity index (χ0n) is 7.38. The lowest BCUT2D eigenvalue weighted by Gasteiger charge is -2.09. The highest BCUT2D eigenvalue weighted by Crippen LogP contribution is 2.26. The van der Waals surface area contributed by atoms with Gasteiger partial charge in [-0.2, -0.15) is 4.39 Å². The molecule has 0 bridgehead atoms. The number of nitrogens with two attached hydrogens (primary N) is 1. The van der Waals surface area contributed by atoms with Gasteiger partial charge in [-0.05, 0) is 11.6 Å². The Bertz CT molecular complexity index is 396. The van der Waals surface area contributed by atoms with Crippen molar-refractivity contribution in [1.29, 1.82) is 0 Å². The molecule has 1 heterocycles. The molecule has 0 aliphatic carbocycles. The van der Waals surface area contributed by atoms with Crippen LogP contribution in [0.2, 0.25) is 0 Å². The second kappa shape index (κ2) is 4.26. The van der Waals surface area contributed by atoms with Gasteiger partial charge in [-0.15, -0.1) is 0 Å².